The standard InChI is InChI=1S/C25H42O/c1-14-12-19(24(6,7)8)18(5)21(16(14)3)22-17(4)15(2)13-20(23(22)26)25(9,10)11/h12,14,16,18,20-21,26H,13H2,1-11H3/t14-,16-,18?,20-,21-/m0/s1. The van der Waals surface area contributed by atoms with E-state index in [0.29, 0.717) is 29.4 Å². The Bertz CT molecular complexity index is 645. The summed E-state index contributed by atoms with van der Waals surface area (Å²) in [5, 5.41) is 11.4. The first-order valence-electron chi connectivity index (χ1n) is 10.5. The van der Waals surface area contributed by atoms with Crippen LogP contribution in [0.1, 0.15) is 82.6 Å². The second-order valence-corrected chi connectivity index (χ2v) is 11.2. The van der Waals surface area contributed by atoms with Crippen molar-refractivity contribution < 1.29 is 5.11 Å². The van der Waals surface area contributed by atoms with E-state index in [0.717, 1.165) is 6.42 Å². The summed E-state index contributed by atoms with van der Waals surface area (Å²) >= 11 is 0. The van der Waals surface area contributed by atoms with Crippen LogP contribution in [0.2, 0.25) is 0 Å². The normalized spacial score (nSPS) is 34.3. The van der Waals surface area contributed by atoms with Crippen molar-refractivity contribution in [2.75, 3.05) is 0 Å². The Morgan fingerprint density at radius 2 is 1.50 bits per heavy atom. The van der Waals surface area contributed by atoms with E-state index in [1.54, 1.807) is 5.57 Å². The molecular formula is C25H42O. The van der Waals surface area contributed by atoms with Crippen LogP contribution in [0.3, 0.4) is 0 Å². The Hall–Kier alpha value is -0.980. The smallest absolute Gasteiger partial charge is 0.0999 e. The molecule has 2 rings (SSSR count). The van der Waals surface area contributed by atoms with Gasteiger partial charge < -0.3 is 5.11 Å². The summed E-state index contributed by atoms with van der Waals surface area (Å²) in [6.07, 6.45) is 3.50. The highest BCUT2D eigenvalue weighted by molar-refractivity contribution is 5.44. The predicted molar refractivity (Wildman–Crippen MR) is 114 cm³/mol. The first-order chi connectivity index (χ1) is 11.7. The highest BCUT2D eigenvalue weighted by atomic mass is 16.3. The molecule has 0 spiro atoms. The Labute approximate surface area is 162 Å². The maximum atomic E-state index is 11.4. The Morgan fingerprint density at radius 3 is 1.96 bits per heavy atom. The first kappa shape index (κ1) is 21.3. The summed E-state index contributed by atoms with van der Waals surface area (Å²) in [6.45, 7) is 25.4. The third kappa shape index (κ3) is 3.69. The lowest BCUT2D eigenvalue weighted by Gasteiger charge is -2.46. The summed E-state index contributed by atoms with van der Waals surface area (Å²) in [5.41, 5.74) is 5.86. The van der Waals surface area contributed by atoms with Crippen molar-refractivity contribution in [3.8, 4) is 0 Å². The molecule has 0 aromatic heterocycles. The molecule has 0 fully saturated rings. The molecule has 0 aliphatic heterocycles. The number of rotatable bonds is 1. The van der Waals surface area contributed by atoms with Gasteiger partial charge in [0.25, 0.3) is 0 Å². The van der Waals surface area contributed by atoms with E-state index in [2.05, 4.69) is 82.2 Å². The van der Waals surface area contributed by atoms with E-state index in [-0.39, 0.29) is 16.7 Å². The van der Waals surface area contributed by atoms with Crippen LogP contribution in [0.25, 0.3) is 0 Å². The van der Waals surface area contributed by atoms with Gasteiger partial charge in [-0.3, -0.25) is 0 Å². The molecule has 0 amide bonds. The topological polar surface area (TPSA) is 20.2 Å². The van der Waals surface area contributed by atoms with Crippen molar-refractivity contribution in [1.82, 2.24) is 0 Å². The fourth-order valence-electron chi connectivity index (χ4n) is 5.31. The Morgan fingerprint density at radius 1 is 0.962 bits per heavy atom. The largest absolute Gasteiger partial charge is 0.512 e. The van der Waals surface area contributed by atoms with E-state index in [1.165, 1.54) is 16.7 Å². The van der Waals surface area contributed by atoms with Gasteiger partial charge in [0.15, 0.2) is 0 Å². The molecule has 0 heterocycles. The molecular weight excluding hydrogens is 316 g/mol. The average Bonchev–Trinajstić information content (AvgIpc) is 2.47. The van der Waals surface area contributed by atoms with Crippen molar-refractivity contribution in [2.24, 2.45) is 40.4 Å². The second-order valence-electron chi connectivity index (χ2n) is 11.2. The lowest BCUT2D eigenvalue weighted by atomic mass is 9.58. The summed E-state index contributed by atoms with van der Waals surface area (Å²) in [7, 11) is 0. The van der Waals surface area contributed by atoms with E-state index in [9.17, 15) is 5.11 Å². The Balaban J connectivity index is 2.64. The van der Waals surface area contributed by atoms with Gasteiger partial charge in [-0.25, -0.2) is 0 Å². The minimum atomic E-state index is 0.0761. The van der Waals surface area contributed by atoms with E-state index >= 15 is 0 Å². The van der Waals surface area contributed by atoms with Gasteiger partial charge in [-0.1, -0.05) is 79.5 Å². The van der Waals surface area contributed by atoms with E-state index < -0.39 is 0 Å². The third-order valence-electron chi connectivity index (χ3n) is 7.27. The van der Waals surface area contributed by atoms with Crippen molar-refractivity contribution in [1.29, 1.82) is 0 Å². The molecule has 2 aliphatic carbocycles. The number of allylic oxidation sites excluding steroid dienone is 6. The van der Waals surface area contributed by atoms with Gasteiger partial charge >= 0.3 is 0 Å². The first-order valence-corrected chi connectivity index (χ1v) is 10.5. The summed E-state index contributed by atoms with van der Waals surface area (Å²) in [5.74, 6) is 2.82. The molecule has 0 radical (unpaired) electrons. The highest BCUT2D eigenvalue weighted by Gasteiger charge is 2.44. The van der Waals surface area contributed by atoms with Crippen LogP contribution in [0.15, 0.2) is 34.1 Å². The average molecular weight is 359 g/mol. The van der Waals surface area contributed by atoms with Crippen LogP contribution >= 0.6 is 0 Å². The zero-order valence-electron chi connectivity index (χ0n) is 19.1. The highest BCUT2D eigenvalue weighted by Crippen LogP contribution is 2.53. The lowest BCUT2D eigenvalue weighted by molar-refractivity contribution is 0.171. The molecule has 0 aromatic rings. The molecule has 26 heavy (non-hydrogen) atoms. The maximum Gasteiger partial charge on any atom is 0.0999 e. The Kier molecular flexibility index (Phi) is 5.64. The van der Waals surface area contributed by atoms with Crippen molar-refractivity contribution in [3.05, 3.63) is 34.1 Å². The van der Waals surface area contributed by atoms with Gasteiger partial charge in [-0.2, -0.15) is 0 Å². The zero-order valence-corrected chi connectivity index (χ0v) is 19.1. The van der Waals surface area contributed by atoms with Crippen molar-refractivity contribution in [3.63, 3.8) is 0 Å². The minimum absolute atomic E-state index is 0.0761. The predicted octanol–water partition coefficient (Wildman–Crippen LogP) is 7.71. The van der Waals surface area contributed by atoms with Crippen LogP contribution in [0, 0.1) is 40.4 Å². The van der Waals surface area contributed by atoms with Crippen LogP contribution < -0.4 is 0 Å². The molecule has 0 bridgehead atoms. The second kappa shape index (κ2) is 6.88. The molecule has 148 valence electrons. The van der Waals surface area contributed by atoms with Gasteiger partial charge in [-0.05, 0) is 65.9 Å². The third-order valence-corrected chi connectivity index (χ3v) is 7.27. The molecule has 2 aliphatic rings. The maximum absolute atomic E-state index is 11.4. The fourth-order valence-corrected chi connectivity index (χ4v) is 5.31. The van der Waals surface area contributed by atoms with Gasteiger partial charge in [0.05, 0.1) is 5.76 Å². The van der Waals surface area contributed by atoms with Crippen LogP contribution in [-0.4, -0.2) is 5.11 Å². The molecule has 1 nitrogen and oxygen atoms in total. The lowest BCUT2D eigenvalue weighted by Crippen LogP contribution is -2.38. The van der Waals surface area contributed by atoms with E-state index in [4.69, 9.17) is 0 Å². The number of aliphatic hydroxyl groups excluding tert-OH is 1. The van der Waals surface area contributed by atoms with Gasteiger partial charge in [0.2, 0.25) is 0 Å². The zero-order chi connectivity index (χ0) is 20.2. The molecule has 1 N–H and O–H groups in total. The molecule has 0 saturated carbocycles. The van der Waals surface area contributed by atoms with Crippen LogP contribution in [0.5, 0.6) is 0 Å². The quantitative estimate of drug-likeness (QED) is 0.476. The molecule has 1 unspecified atom stereocenters. The minimum Gasteiger partial charge on any atom is -0.512 e. The molecule has 5 atom stereocenters. The molecule has 0 saturated heterocycles. The monoisotopic (exact) mass is 358 g/mol. The summed E-state index contributed by atoms with van der Waals surface area (Å²) in [4.78, 5) is 0. The van der Waals surface area contributed by atoms with Gasteiger partial charge in [0, 0.05) is 5.92 Å². The number of hydrogen-bond acceptors (Lipinski definition) is 1. The summed E-state index contributed by atoms with van der Waals surface area (Å²) in [6, 6.07) is 0. The summed E-state index contributed by atoms with van der Waals surface area (Å²) < 4.78 is 0. The van der Waals surface area contributed by atoms with Crippen LogP contribution in [0.4, 0.5) is 0 Å². The van der Waals surface area contributed by atoms with Gasteiger partial charge in [0.1, 0.15) is 0 Å². The van der Waals surface area contributed by atoms with Crippen molar-refractivity contribution >= 4 is 0 Å². The molecule has 0 aromatic carbocycles. The number of aliphatic hydroxyl groups is 1. The van der Waals surface area contributed by atoms with Crippen LogP contribution in [-0.2, 0) is 0 Å². The van der Waals surface area contributed by atoms with Gasteiger partial charge in [-0.15, -0.1) is 0 Å². The molecule has 1 heteroatoms. The number of hydrogen-bond donors (Lipinski definition) is 1. The fraction of sp³-hybridized carbons (Fsp3) is 0.760. The van der Waals surface area contributed by atoms with E-state index in [1.807, 2.05) is 0 Å². The SMILES string of the molecule is CC1=C(C)C([C@@H]2C(C)C(C(C)(C)C)=C[C@H](C)[C@@H]2C)=C(O)[C@@H](C(C)(C)C)C1. The van der Waals surface area contributed by atoms with Crippen molar-refractivity contribution in [2.45, 2.75) is 82.6 Å².